The standard InChI is InChI=1S/C15H16N2/c1-3-7-13(8-4-1)14-11-16-17(12-14)15-9-5-2-6-10-15/h2,5-7,9-12H,1,3-4,8H2. The topological polar surface area (TPSA) is 17.8 Å². The van der Waals surface area contributed by atoms with E-state index in [9.17, 15) is 0 Å². The Hall–Kier alpha value is -1.83. The number of benzene rings is 1. The van der Waals surface area contributed by atoms with Gasteiger partial charge in [0.25, 0.3) is 0 Å². The lowest BCUT2D eigenvalue weighted by molar-refractivity contribution is 0.742. The summed E-state index contributed by atoms with van der Waals surface area (Å²) in [7, 11) is 0. The van der Waals surface area contributed by atoms with Crippen molar-refractivity contribution in [2.75, 3.05) is 0 Å². The predicted octanol–water partition coefficient (Wildman–Crippen LogP) is 3.83. The molecule has 0 aliphatic heterocycles. The van der Waals surface area contributed by atoms with Crippen LogP contribution in [0.2, 0.25) is 0 Å². The lowest BCUT2D eigenvalue weighted by Gasteiger charge is -2.10. The maximum Gasteiger partial charge on any atom is 0.0645 e. The third-order valence-electron chi connectivity index (χ3n) is 3.27. The van der Waals surface area contributed by atoms with Crippen molar-refractivity contribution in [1.29, 1.82) is 0 Å². The second-order valence-corrected chi connectivity index (χ2v) is 4.48. The first-order chi connectivity index (χ1) is 8.43. The van der Waals surface area contributed by atoms with Crippen LogP contribution in [0.25, 0.3) is 11.3 Å². The second kappa shape index (κ2) is 4.58. The third kappa shape index (κ3) is 2.16. The molecule has 0 N–H and O–H groups in total. The lowest BCUT2D eigenvalue weighted by Crippen LogP contribution is -1.93. The normalized spacial score (nSPS) is 15.6. The van der Waals surface area contributed by atoms with Gasteiger partial charge in [0.2, 0.25) is 0 Å². The number of para-hydroxylation sites is 1. The van der Waals surface area contributed by atoms with Gasteiger partial charge in [0.15, 0.2) is 0 Å². The number of rotatable bonds is 2. The Balaban J connectivity index is 1.90. The molecule has 0 saturated carbocycles. The molecule has 1 aromatic heterocycles. The smallest absolute Gasteiger partial charge is 0.0645 e. The van der Waals surface area contributed by atoms with E-state index in [1.807, 2.05) is 29.1 Å². The van der Waals surface area contributed by atoms with Crippen molar-refractivity contribution >= 4 is 5.57 Å². The summed E-state index contributed by atoms with van der Waals surface area (Å²) in [6.07, 6.45) is 11.5. The highest BCUT2D eigenvalue weighted by Gasteiger charge is 2.08. The molecule has 2 aromatic rings. The van der Waals surface area contributed by atoms with Crippen LogP contribution in [0, 0.1) is 0 Å². The first kappa shape index (κ1) is 10.3. The van der Waals surface area contributed by atoms with Gasteiger partial charge in [-0.15, -0.1) is 0 Å². The van der Waals surface area contributed by atoms with Gasteiger partial charge in [-0.05, 0) is 43.4 Å². The summed E-state index contributed by atoms with van der Waals surface area (Å²) >= 11 is 0. The highest BCUT2D eigenvalue weighted by molar-refractivity contribution is 5.65. The Morgan fingerprint density at radius 2 is 1.94 bits per heavy atom. The number of nitrogens with zero attached hydrogens (tertiary/aromatic N) is 2. The summed E-state index contributed by atoms with van der Waals surface area (Å²) in [4.78, 5) is 0. The molecule has 1 heterocycles. The Labute approximate surface area is 102 Å². The molecule has 17 heavy (non-hydrogen) atoms. The Bertz CT molecular complexity index is 523. The summed E-state index contributed by atoms with van der Waals surface area (Å²) in [6, 6.07) is 10.3. The summed E-state index contributed by atoms with van der Waals surface area (Å²) in [6.45, 7) is 0. The van der Waals surface area contributed by atoms with Gasteiger partial charge in [-0.1, -0.05) is 24.3 Å². The van der Waals surface area contributed by atoms with Crippen molar-refractivity contribution in [3.05, 3.63) is 54.4 Å². The van der Waals surface area contributed by atoms with Crippen LogP contribution in [-0.4, -0.2) is 9.78 Å². The fraction of sp³-hybridized carbons (Fsp3) is 0.267. The molecular formula is C15H16N2. The highest BCUT2D eigenvalue weighted by atomic mass is 15.3. The van der Waals surface area contributed by atoms with E-state index in [1.165, 1.54) is 36.8 Å². The van der Waals surface area contributed by atoms with Gasteiger partial charge in [0.1, 0.15) is 0 Å². The molecule has 0 radical (unpaired) electrons. The summed E-state index contributed by atoms with van der Waals surface area (Å²) in [5.74, 6) is 0. The molecule has 0 atom stereocenters. The van der Waals surface area contributed by atoms with Gasteiger partial charge in [-0.25, -0.2) is 4.68 Å². The fourth-order valence-corrected chi connectivity index (χ4v) is 2.31. The molecule has 1 aromatic carbocycles. The van der Waals surface area contributed by atoms with E-state index in [1.54, 1.807) is 0 Å². The van der Waals surface area contributed by atoms with Crippen LogP contribution < -0.4 is 0 Å². The lowest BCUT2D eigenvalue weighted by atomic mass is 9.96. The molecule has 1 aliphatic rings. The zero-order chi connectivity index (χ0) is 11.5. The first-order valence-electron chi connectivity index (χ1n) is 6.23. The van der Waals surface area contributed by atoms with E-state index >= 15 is 0 Å². The molecule has 0 amide bonds. The van der Waals surface area contributed by atoms with Crippen LogP contribution in [0.1, 0.15) is 31.2 Å². The van der Waals surface area contributed by atoms with Gasteiger partial charge in [-0.3, -0.25) is 0 Å². The molecule has 0 fully saturated rings. The van der Waals surface area contributed by atoms with E-state index in [0.29, 0.717) is 0 Å². The zero-order valence-corrected chi connectivity index (χ0v) is 9.84. The molecular weight excluding hydrogens is 208 g/mol. The quantitative estimate of drug-likeness (QED) is 0.758. The van der Waals surface area contributed by atoms with E-state index in [-0.39, 0.29) is 0 Å². The summed E-state index contributed by atoms with van der Waals surface area (Å²) < 4.78 is 1.95. The van der Waals surface area contributed by atoms with Gasteiger partial charge in [0, 0.05) is 11.8 Å². The SMILES string of the molecule is C1=C(c2cnn(-c3ccccc3)c2)CCCC1. The van der Waals surface area contributed by atoms with Crippen LogP contribution in [0.5, 0.6) is 0 Å². The first-order valence-corrected chi connectivity index (χ1v) is 6.23. The Kier molecular flexibility index (Phi) is 2.78. The van der Waals surface area contributed by atoms with Crippen molar-refractivity contribution < 1.29 is 0 Å². The third-order valence-corrected chi connectivity index (χ3v) is 3.27. The van der Waals surface area contributed by atoms with E-state index in [4.69, 9.17) is 0 Å². The van der Waals surface area contributed by atoms with Crippen LogP contribution in [-0.2, 0) is 0 Å². The molecule has 86 valence electrons. The molecule has 0 bridgehead atoms. The molecule has 3 rings (SSSR count). The maximum atomic E-state index is 4.44. The van der Waals surface area contributed by atoms with Crippen molar-refractivity contribution in [2.45, 2.75) is 25.7 Å². The van der Waals surface area contributed by atoms with Crippen molar-refractivity contribution in [3.8, 4) is 5.69 Å². The molecule has 0 spiro atoms. The number of allylic oxidation sites excluding steroid dienone is 2. The molecule has 0 saturated heterocycles. The monoisotopic (exact) mass is 224 g/mol. The Morgan fingerprint density at radius 1 is 1.06 bits per heavy atom. The van der Waals surface area contributed by atoms with Gasteiger partial charge < -0.3 is 0 Å². The Morgan fingerprint density at radius 3 is 2.71 bits per heavy atom. The number of hydrogen-bond acceptors (Lipinski definition) is 1. The average molecular weight is 224 g/mol. The van der Waals surface area contributed by atoms with Crippen molar-refractivity contribution in [2.24, 2.45) is 0 Å². The van der Waals surface area contributed by atoms with Gasteiger partial charge in [0.05, 0.1) is 11.9 Å². The average Bonchev–Trinajstić information content (AvgIpc) is 2.90. The van der Waals surface area contributed by atoms with E-state index < -0.39 is 0 Å². The minimum atomic E-state index is 1.12. The molecule has 2 heteroatoms. The van der Waals surface area contributed by atoms with Crippen molar-refractivity contribution in [3.63, 3.8) is 0 Å². The summed E-state index contributed by atoms with van der Waals surface area (Å²) in [5.41, 5.74) is 3.85. The van der Waals surface area contributed by atoms with Crippen LogP contribution >= 0.6 is 0 Å². The van der Waals surface area contributed by atoms with Crippen LogP contribution in [0.15, 0.2) is 48.8 Å². The van der Waals surface area contributed by atoms with E-state index in [0.717, 1.165) is 5.69 Å². The van der Waals surface area contributed by atoms with E-state index in [2.05, 4.69) is 29.5 Å². The predicted molar refractivity (Wildman–Crippen MR) is 70.0 cm³/mol. The number of aromatic nitrogens is 2. The largest absolute Gasteiger partial charge is 0.240 e. The summed E-state index contributed by atoms with van der Waals surface area (Å²) in [5, 5.41) is 4.44. The molecule has 1 aliphatic carbocycles. The molecule has 2 nitrogen and oxygen atoms in total. The maximum absolute atomic E-state index is 4.44. The minimum absolute atomic E-state index is 1.12. The van der Waals surface area contributed by atoms with Crippen LogP contribution in [0.4, 0.5) is 0 Å². The zero-order valence-electron chi connectivity index (χ0n) is 9.84. The van der Waals surface area contributed by atoms with Crippen LogP contribution in [0.3, 0.4) is 0 Å². The fourth-order valence-electron chi connectivity index (χ4n) is 2.31. The van der Waals surface area contributed by atoms with Gasteiger partial charge >= 0.3 is 0 Å². The highest BCUT2D eigenvalue weighted by Crippen LogP contribution is 2.26. The van der Waals surface area contributed by atoms with Gasteiger partial charge in [-0.2, -0.15) is 5.10 Å². The number of hydrogen-bond donors (Lipinski definition) is 0. The van der Waals surface area contributed by atoms with Crippen molar-refractivity contribution in [1.82, 2.24) is 9.78 Å². The minimum Gasteiger partial charge on any atom is -0.240 e. The second-order valence-electron chi connectivity index (χ2n) is 4.48. The molecule has 0 unspecified atom stereocenters.